The molecule has 34 heavy (non-hydrogen) atoms. The fraction of sp³-hybridized carbons (Fsp3) is 0.364. The fourth-order valence-electron chi connectivity index (χ4n) is 3.91. The second-order valence-corrected chi connectivity index (χ2v) is 10.5. The van der Waals surface area contributed by atoms with Crippen LogP contribution in [0.4, 0.5) is 13.2 Å². The summed E-state index contributed by atoms with van der Waals surface area (Å²) in [7, 11) is -4.05. The van der Waals surface area contributed by atoms with Crippen molar-refractivity contribution < 1.29 is 31.1 Å². The van der Waals surface area contributed by atoms with Crippen LogP contribution in [0, 0.1) is 17.5 Å². The lowest BCUT2D eigenvalue weighted by molar-refractivity contribution is -0.121. The highest BCUT2D eigenvalue weighted by molar-refractivity contribution is 7.89. The Hall–Kier alpha value is -2.54. The van der Waals surface area contributed by atoms with Crippen LogP contribution in [0.1, 0.15) is 19.8 Å². The van der Waals surface area contributed by atoms with E-state index in [1.54, 1.807) is 6.92 Å². The lowest BCUT2D eigenvalue weighted by Gasteiger charge is -2.21. The average molecular weight is 514 g/mol. The number of nitrogens with zero attached hydrogens (tertiary/aromatic N) is 3. The molecule has 7 nitrogen and oxygen atoms in total. The maximum Gasteiger partial charge on any atom is 0.266 e. The van der Waals surface area contributed by atoms with Crippen LogP contribution < -0.4 is 4.80 Å². The second kappa shape index (κ2) is 9.98. The zero-order valence-electron chi connectivity index (χ0n) is 18.2. The number of benzene rings is 2. The van der Waals surface area contributed by atoms with Gasteiger partial charge in [-0.25, -0.2) is 21.6 Å². The first-order valence-electron chi connectivity index (χ1n) is 10.6. The van der Waals surface area contributed by atoms with Crippen molar-refractivity contribution in [2.24, 2.45) is 4.99 Å². The molecule has 0 bridgehead atoms. The van der Waals surface area contributed by atoms with Crippen LogP contribution in [-0.4, -0.2) is 49.0 Å². The maximum atomic E-state index is 14.6. The third-order valence-corrected chi connectivity index (χ3v) is 8.42. The SMILES string of the molecule is CCOCCn1c(=NC(=O)C2CCCN2S(=O)(=O)c2ccc(F)cc2)sc2cc(F)cc(F)c21. The van der Waals surface area contributed by atoms with Crippen molar-refractivity contribution in [1.82, 2.24) is 8.87 Å². The van der Waals surface area contributed by atoms with Crippen LogP contribution in [0.3, 0.4) is 0 Å². The van der Waals surface area contributed by atoms with Crippen LogP contribution in [0.25, 0.3) is 10.2 Å². The van der Waals surface area contributed by atoms with Gasteiger partial charge in [0.1, 0.15) is 17.7 Å². The molecule has 3 aromatic rings. The molecule has 1 fully saturated rings. The van der Waals surface area contributed by atoms with Gasteiger partial charge in [-0.15, -0.1) is 0 Å². The second-order valence-electron chi connectivity index (χ2n) is 7.65. The molecule has 1 aliphatic heterocycles. The van der Waals surface area contributed by atoms with Crippen LogP contribution >= 0.6 is 11.3 Å². The summed E-state index contributed by atoms with van der Waals surface area (Å²) in [5.74, 6) is -2.83. The number of thiazole rings is 1. The fourth-order valence-corrected chi connectivity index (χ4v) is 6.66. The van der Waals surface area contributed by atoms with Gasteiger partial charge in [0.15, 0.2) is 10.6 Å². The van der Waals surface area contributed by atoms with Crippen LogP contribution in [0.2, 0.25) is 0 Å². The minimum absolute atomic E-state index is 0.0971. The molecule has 0 radical (unpaired) electrons. The lowest BCUT2D eigenvalue weighted by Crippen LogP contribution is -2.40. The van der Waals surface area contributed by atoms with E-state index in [1.807, 2.05) is 0 Å². The Labute approximate surface area is 198 Å². The maximum absolute atomic E-state index is 14.6. The smallest absolute Gasteiger partial charge is 0.266 e. The van der Waals surface area contributed by atoms with Crippen molar-refractivity contribution in [3.8, 4) is 0 Å². The van der Waals surface area contributed by atoms with Gasteiger partial charge in [-0.2, -0.15) is 9.30 Å². The summed E-state index contributed by atoms with van der Waals surface area (Å²) in [5.41, 5.74) is 0.0971. The molecular formula is C22H22F3N3O4S2. The number of rotatable bonds is 7. The van der Waals surface area contributed by atoms with Gasteiger partial charge in [0.05, 0.1) is 21.7 Å². The predicted molar refractivity (Wildman–Crippen MR) is 120 cm³/mol. The number of carbonyl (C=O) groups is 1. The number of hydrogen-bond donors (Lipinski definition) is 0. The predicted octanol–water partition coefficient (Wildman–Crippen LogP) is 3.44. The summed E-state index contributed by atoms with van der Waals surface area (Å²) < 4.78 is 75.8. The molecule has 2 heterocycles. The molecule has 1 aromatic heterocycles. The third-order valence-electron chi connectivity index (χ3n) is 5.47. The molecule has 0 N–H and O–H groups in total. The summed E-state index contributed by atoms with van der Waals surface area (Å²) in [4.78, 5) is 17.3. The number of amides is 1. The zero-order chi connectivity index (χ0) is 24.5. The summed E-state index contributed by atoms with van der Waals surface area (Å²) >= 11 is 0.934. The molecule has 1 aliphatic rings. The van der Waals surface area contributed by atoms with Crippen molar-refractivity contribution in [2.75, 3.05) is 19.8 Å². The molecule has 1 amide bonds. The summed E-state index contributed by atoms with van der Waals surface area (Å²) in [6, 6.07) is 5.23. The first kappa shape index (κ1) is 24.6. The number of halogens is 3. The van der Waals surface area contributed by atoms with E-state index in [4.69, 9.17) is 4.74 Å². The Bertz CT molecular complexity index is 1380. The molecule has 0 saturated carbocycles. The minimum atomic E-state index is -4.05. The lowest BCUT2D eigenvalue weighted by atomic mass is 10.2. The monoisotopic (exact) mass is 513 g/mol. The van der Waals surface area contributed by atoms with Crippen molar-refractivity contribution >= 4 is 37.5 Å². The van der Waals surface area contributed by atoms with Crippen molar-refractivity contribution in [3.63, 3.8) is 0 Å². The van der Waals surface area contributed by atoms with Gasteiger partial charge in [0.25, 0.3) is 5.91 Å². The van der Waals surface area contributed by atoms with E-state index in [0.717, 1.165) is 52.0 Å². The van der Waals surface area contributed by atoms with Crippen LogP contribution in [0.15, 0.2) is 46.3 Å². The van der Waals surface area contributed by atoms with Crippen molar-refractivity contribution in [1.29, 1.82) is 0 Å². The molecule has 0 aliphatic carbocycles. The van der Waals surface area contributed by atoms with E-state index in [0.29, 0.717) is 13.0 Å². The number of ether oxygens (including phenoxy) is 1. The van der Waals surface area contributed by atoms with E-state index in [9.17, 15) is 26.4 Å². The Kier molecular flexibility index (Phi) is 7.22. The Morgan fingerprint density at radius 1 is 1.18 bits per heavy atom. The van der Waals surface area contributed by atoms with E-state index < -0.39 is 39.4 Å². The largest absolute Gasteiger partial charge is 0.380 e. The highest BCUT2D eigenvalue weighted by Crippen LogP contribution is 2.27. The zero-order valence-corrected chi connectivity index (χ0v) is 19.8. The first-order valence-corrected chi connectivity index (χ1v) is 12.9. The van der Waals surface area contributed by atoms with E-state index in [1.165, 1.54) is 4.57 Å². The van der Waals surface area contributed by atoms with Crippen molar-refractivity contribution in [3.05, 3.63) is 58.7 Å². The van der Waals surface area contributed by atoms with E-state index in [2.05, 4.69) is 4.99 Å². The third kappa shape index (κ3) is 4.81. The molecule has 1 unspecified atom stereocenters. The average Bonchev–Trinajstić information content (AvgIpc) is 3.40. The molecule has 182 valence electrons. The molecule has 4 rings (SSSR count). The molecule has 1 atom stereocenters. The minimum Gasteiger partial charge on any atom is -0.380 e. The van der Waals surface area contributed by atoms with Crippen LogP contribution in [0.5, 0.6) is 0 Å². The number of fused-ring (bicyclic) bond motifs is 1. The number of carbonyl (C=O) groups excluding carboxylic acids is 1. The summed E-state index contributed by atoms with van der Waals surface area (Å²) in [6.07, 6.45) is 0.707. The van der Waals surface area contributed by atoms with Gasteiger partial charge in [0.2, 0.25) is 10.0 Å². The Morgan fingerprint density at radius 3 is 2.62 bits per heavy atom. The van der Waals surface area contributed by atoms with Gasteiger partial charge in [-0.05, 0) is 50.1 Å². The van der Waals surface area contributed by atoms with Gasteiger partial charge < -0.3 is 9.30 Å². The van der Waals surface area contributed by atoms with Gasteiger partial charge >= 0.3 is 0 Å². The molecule has 12 heteroatoms. The standard InChI is InChI=1S/C22H22F3N3O4S2/c1-2-32-11-10-27-20-17(25)12-15(24)13-19(20)33-22(27)26-21(29)18-4-3-9-28(18)34(30,31)16-7-5-14(23)6-8-16/h5-8,12-13,18H,2-4,9-11H2,1H3. The quantitative estimate of drug-likeness (QED) is 0.454. The number of hydrogen-bond acceptors (Lipinski definition) is 5. The number of aromatic nitrogens is 1. The van der Waals surface area contributed by atoms with Gasteiger partial charge in [0, 0.05) is 25.8 Å². The van der Waals surface area contributed by atoms with Gasteiger partial charge in [-0.3, -0.25) is 4.79 Å². The Balaban J connectivity index is 1.72. The van der Waals surface area contributed by atoms with Crippen LogP contribution in [-0.2, 0) is 26.1 Å². The van der Waals surface area contributed by atoms with E-state index >= 15 is 0 Å². The number of sulfonamides is 1. The van der Waals surface area contributed by atoms with Gasteiger partial charge in [-0.1, -0.05) is 11.3 Å². The van der Waals surface area contributed by atoms with E-state index in [-0.39, 0.29) is 46.0 Å². The highest BCUT2D eigenvalue weighted by Gasteiger charge is 2.39. The van der Waals surface area contributed by atoms with Crippen molar-refractivity contribution in [2.45, 2.75) is 37.2 Å². The molecule has 1 saturated heterocycles. The highest BCUT2D eigenvalue weighted by atomic mass is 32.2. The normalized spacial score (nSPS) is 17.6. The summed E-state index contributed by atoms with van der Waals surface area (Å²) in [6.45, 7) is 2.74. The molecule has 2 aromatic carbocycles. The molecule has 0 spiro atoms. The molecular weight excluding hydrogens is 491 g/mol. The first-order chi connectivity index (χ1) is 16.2. The topological polar surface area (TPSA) is 81.0 Å². The Morgan fingerprint density at radius 2 is 1.91 bits per heavy atom. The summed E-state index contributed by atoms with van der Waals surface area (Å²) in [5, 5.41) is 0.